The summed E-state index contributed by atoms with van der Waals surface area (Å²) in [4.78, 5) is 95.0. The second-order valence-corrected chi connectivity index (χ2v) is 33.2. The van der Waals surface area contributed by atoms with E-state index in [0.717, 1.165) is 104 Å². The summed E-state index contributed by atoms with van der Waals surface area (Å²) in [5.41, 5.74) is 6.46. The number of halogens is 6. The summed E-state index contributed by atoms with van der Waals surface area (Å²) >= 11 is 6.32. The van der Waals surface area contributed by atoms with E-state index in [1.165, 1.54) is 58.4 Å². The zero-order valence-corrected chi connectivity index (χ0v) is 69.2. The highest BCUT2D eigenvalue weighted by Crippen LogP contribution is 2.45. The van der Waals surface area contributed by atoms with Crippen molar-refractivity contribution in [1.82, 2.24) is 99.5 Å². The van der Waals surface area contributed by atoms with Crippen LogP contribution >= 0.6 is 11.6 Å². The lowest BCUT2D eigenvalue weighted by Gasteiger charge is -2.49. The quantitative estimate of drug-likeness (QED) is 0.0812. The third-order valence-electron chi connectivity index (χ3n) is 24.2. The molecule has 12 unspecified atom stereocenters. The van der Waals surface area contributed by atoms with Gasteiger partial charge in [0, 0.05) is 74.6 Å². The van der Waals surface area contributed by atoms with E-state index < -0.39 is 29.1 Å². The molecular weight excluding hydrogens is 1620 g/mol. The van der Waals surface area contributed by atoms with E-state index in [4.69, 9.17) is 30.5 Å². The van der Waals surface area contributed by atoms with Crippen LogP contribution < -0.4 is 18.9 Å². The number of para-hydroxylation sites is 2. The number of pyridine rings is 5. The summed E-state index contributed by atoms with van der Waals surface area (Å²) in [5.74, 6) is -1.81. The molecule has 12 fully saturated rings. The van der Waals surface area contributed by atoms with Crippen LogP contribution in [0.2, 0.25) is 5.02 Å². The van der Waals surface area contributed by atoms with Crippen molar-refractivity contribution < 1.29 is 60.1 Å². The van der Waals surface area contributed by atoms with E-state index in [2.05, 4.69) is 65.5 Å². The first-order valence-electron chi connectivity index (χ1n) is 41.5. The molecule has 0 spiro atoms. The van der Waals surface area contributed by atoms with Gasteiger partial charge >= 0.3 is 0 Å². The van der Waals surface area contributed by atoms with Gasteiger partial charge in [-0.25, -0.2) is 56.8 Å². The summed E-state index contributed by atoms with van der Waals surface area (Å²) in [6.45, 7) is 11.5. The summed E-state index contributed by atoms with van der Waals surface area (Å²) in [6, 6.07) is 26.8. The predicted molar refractivity (Wildman–Crippen MR) is 441 cm³/mol. The average Bonchev–Trinajstić information content (AvgIpc) is 0.846. The van der Waals surface area contributed by atoms with Gasteiger partial charge in [-0.1, -0.05) is 41.9 Å². The number of ether oxygens (including phenoxy) is 4. The third-order valence-corrected chi connectivity index (χ3v) is 24.5. The number of carbonyl (C=O) groups excluding carboxylic acids is 4. The molecule has 8 saturated heterocycles. The van der Waals surface area contributed by atoms with Crippen LogP contribution in [0.5, 0.6) is 23.5 Å². The fourth-order valence-electron chi connectivity index (χ4n) is 18.5. The van der Waals surface area contributed by atoms with Crippen LogP contribution in [0, 0.1) is 87.4 Å². The second-order valence-electron chi connectivity index (χ2n) is 32.8. The molecule has 0 radical (unpaired) electrons. The van der Waals surface area contributed by atoms with Crippen LogP contribution in [0.25, 0.3) is 28.5 Å². The normalized spacial score (nSPS) is 22.5. The number of hydrogen-bond donors (Lipinski definition) is 0. The van der Waals surface area contributed by atoms with Crippen molar-refractivity contribution in [2.24, 2.45) is 23.7 Å². The van der Waals surface area contributed by atoms with Gasteiger partial charge in [0.2, 0.25) is 5.88 Å². The van der Waals surface area contributed by atoms with E-state index in [0.29, 0.717) is 88.5 Å². The van der Waals surface area contributed by atoms with Crippen molar-refractivity contribution in [3.05, 3.63) is 262 Å². The van der Waals surface area contributed by atoms with E-state index in [1.54, 1.807) is 135 Å². The van der Waals surface area contributed by atoms with E-state index in [9.17, 15) is 41.1 Å². The fraction of sp³-hybridized carbons (Fsp3) is 0.367. The number of piperidine rings is 8. The van der Waals surface area contributed by atoms with Gasteiger partial charge in [0.15, 0.2) is 34.8 Å². The van der Waals surface area contributed by atoms with E-state index in [-0.39, 0.29) is 119 Å². The highest BCUT2D eigenvalue weighted by molar-refractivity contribution is 6.31. The minimum Gasteiger partial charge on any atom is -0.471 e. The van der Waals surface area contributed by atoms with Crippen molar-refractivity contribution in [2.75, 3.05) is 26.2 Å². The number of benzene rings is 3. The Labute approximate surface area is 715 Å². The summed E-state index contributed by atoms with van der Waals surface area (Å²) in [5, 5.41) is 25.1. The van der Waals surface area contributed by atoms with Crippen molar-refractivity contribution in [3.63, 3.8) is 0 Å². The van der Waals surface area contributed by atoms with Crippen molar-refractivity contribution >= 4 is 35.2 Å². The largest absolute Gasteiger partial charge is 0.471 e. The average molecular weight is 1710 g/mol. The van der Waals surface area contributed by atoms with Gasteiger partial charge in [0.25, 0.3) is 41.3 Å². The Morgan fingerprint density at radius 1 is 0.371 bits per heavy atom. The first-order valence-corrected chi connectivity index (χ1v) is 41.9. The molecule has 4 saturated carbocycles. The smallest absolute Gasteiger partial charge is 0.275 e. The molecular formula is C90H88ClF5N20O8. The number of aromatic nitrogens is 16. The molecule has 4 aliphatic carbocycles. The standard InChI is InChI=1S/C24H22ClFN4O2.C22H21F2N5O2.C22H23FN6O2.C22H22FN5O2/c1-14-10-17(25)23(29-12-14)32-20-11-15-6-7-19(20)30(13-15)24(31)21-16(4-2-5-18(21)26)22-27-8-3-9-28-22;1-13-9-17(24)21(25-11-13)31-19-10-14-5-6-18(19)28(12-14)22(30)15-3-2-4-16(23)20(15)29-26-7-8-27-29;1-13-9-16(23)21(24-11-13)31-19-10-15-4-6-17(19)28(12-15)22(30)20-18(5-3-14(2)27-20)29-25-7-8-26-29;1-14-10-17(23)21(24-12-14)30-20-11-15-6-7-19(20)27(13-15)22(29)16-4-2-3-5-18(16)28-25-8-9-26-28/h2-5,8-10,12,15,19-20H,6-7,11,13H2,1H3;2-4,7-9,11,14,18-19H,5-6,10,12H2,1H3;3,5,7-9,11,15,17,19H,4,6,10,12H2,1-2H3;2-5,8-10,12,15,19-20H,6-7,11,13H2,1H3. The molecule has 3 aromatic carbocycles. The fourth-order valence-corrected chi connectivity index (χ4v) is 18.8. The van der Waals surface area contributed by atoms with Crippen molar-refractivity contribution in [2.45, 2.75) is 160 Å². The van der Waals surface area contributed by atoms with Crippen LogP contribution in [0.4, 0.5) is 22.0 Å². The van der Waals surface area contributed by atoms with Gasteiger partial charge in [-0.05, 0) is 230 Å². The Balaban J connectivity index is 0.000000117. The monoisotopic (exact) mass is 1710 g/mol. The topological polar surface area (TPSA) is 301 Å². The maximum atomic E-state index is 15.0. The predicted octanol–water partition coefficient (Wildman–Crippen LogP) is 14.1. The Morgan fingerprint density at radius 2 is 0.766 bits per heavy atom. The van der Waals surface area contributed by atoms with Crippen LogP contribution in [0.15, 0.2) is 177 Å². The van der Waals surface area contributed by atoms with Crippen LogP contribution in [0.1, 0.15) is 147 Å². The third kappa shape index (κ3) is 17.7. The molecule has 28 nitrogen and oxygen atoms in total. The first-order chi connectivity index (χ1) is 60.1. The SMILES string of the molecule is Cc1cnc(OC2CC3CCC2N(C(=O)c2c(F)cccc2-c2ncccn2)C3)c(Cl)c1.Cc1cnc(OC2CC3CCC2N(C(=O)c2cccc(F)c2-n2nccn2)C3)c(F)c1.Cc1cnc(OC2CC3CCC2N(C(=O)c2ccccc2-n2nccn2)C3)c(F)c1.Cc1cnc(OC2CC3CCC2N(C(=O)c2nc(C)ccc2-n2nccn2)C3)c(F)c1. The maximum absolute atomic E-state index is 15.0. The highest BCUT2D eigenvalue weighted by Gasteiger charge is 2.50. The summed E-state index contributed by atoms with van der Waals surface area (Å²) < 4.78 is 96.6. The Kier molecular flexibility index (Phi) is 24.3. The van der Waals surface area contributed by atoms with Crippen LogP contribution in [-0.2, 0) is 0 Å². The number of aryl methyl sites for hydroxylation is 5. The van der Waals surface area contributed by atoms with Gasteiger partial charge in [-0.2, -0.15) is 35.4 Å². The lowest BCUT2D eigenvalue weighted by Crippen LogP contribution is -2.59. The first kappa shape index (κ1) is 83.2. The Morgan fingerprint density at radius 3 is 1.23 bits per heavy atom. The molecule has 8 bridgehead atoms. The molecule has 9 aromatic heterocycles. The van der Waals surface area contributed by atoms with Crippen molar-refractivity contribution in [1.29, 1.82) is 0 Å². The Bertz CT molecular complexity index is 5790. The molecule has 12 aliphatic rings. The number of carbonyl (C=O) groups is 4. The van der Waals surface area contributed by atoms with Gasteiger partial charge in [-0.3, -0.25) is 19.2 Å². The summed E-state index contributed by atoms with van der Waals surface area (Å²) in [6.07, 6.45) is 27.8. The molecule has 24 rings (SSSR count). The molecule has 4 amide bonds. The lowest BCUT2D eigenvalue weighted by atomic mass is 9.77. The number of amides is 4. The van der Waals surface area contributed by atoms with E-state index in [1.807, 2.05) is 47.9 Å². The van der Waals surface area contributed by atoms with Crippen molar-refractivity contribution in [3.8, 4) is 52.0 Å². The molecule has 124 heavy (non-hydrogen) atoms. The maximum Gasteiger partial charge on any atom is 0.275 e. The molecule has 17 heterocycles. The molecule has 8 aliphatic heterocycles. The molecule has 12 atom stereocenters. The molecule has 638 valence electrons. The summed E-state index contributed by atoms with van der Waals surface area (Å²) in [7, 11) is 0. The lowest BCUT2D eigenvalue weighted by molar-refractivity contribution is -0.0329. The number of rotatable bonds is 16. The van der Waals surface area contributed by atoms with Crippen LogP contribution in [-0.4, -0.2) is 198 Å². The van der Waals surface area contributed by atoms with Gasteiger partial charge in [0.1, 0.15) is 46.6 Å². The minimum absolute atomic E-state index is 0.00325. The molecule has 12 aromatic rings. The number of fused-ring (bicyclic) bond motifs is 12. The second kappa shape index (κ2) is 36.2. The highest BCUT2D eigenvalue weighted by atomic mass is 35.5. The van der Waals surface area contributed by atoms with Crippen LogP contribution in [0.3, 0.4) is 0 Å². The molecule has 34 heteroatoms. The molecule has 0 N–H and O–H groups in total. The van der Waals surface area contributed by atoms with Gasteiger partial charge in [-0.15, -0.1) is 9.59 Å². The van der Waals surface area contributed by atoms with Gasteiger partial charge < -0.3 is 38.5 Å². The zero-order chi connectivity index (χ0) is 86.0. The Hall–Kier alpha value is -13.1. The van der Waals surface area contributed by atoms with Gasteiger partial charge in [0.05, 0.1) is 83.7 Å². The number of hydrogen-bond acceptors (Lipinski definition) is 21. The zero-order valence-electron chi connectivity index (χ0n) is 68.5. The van der Waals surface area contributed by atoms with E-state index >= 15 is 0 Å². The minimum atomic E-state index is -0.581. The number of nitrogens with zero attached hydrogens (tertiary/aromatic N) is 20.